The zero-order valence-electron chi connectivity index (χ0n) is 13.3. The minimum atomic E-state index is -0.717. The Bertz CT molecular complexity index is 907. The third-order valence-corrected chi connectivity index (χ3v) is 3.84. The fourth-order valence-electron chi connectivity index (χ4n) is 2.60. The average molecular weight is 327 g/mol. The number of amides is 1. The third kappa shape index (κ3) is 2.82. The molecule has 1 amide bonds. The van der Waals surface area contributed by atoms with E-state index in [1.165, 1.54) is 16.7 Å². The van der Waals surface area contributed by atoms with E-state index in [9.17, 15) is 18.8 Å². The van der Waals surface area contributed by atoms with Crippen LogP contribution in [0.1, 0.15) is 37.7 Å². The third-order valence-electron chi connectivity index (χ3n) is 3.84. The van der Waals surface area contributed by atoms with Crippen LogP contribution in [-0.4, -0.2) is 22.5 Å². The molecule has 0 atom stereocenters. The monoisotopic (exact) mass is 327 g/mol. The van der Waals surface area contributed by atoms with Crippen molar-refractivity contribution in [3.63, 3.8) is 0 Å². The van der Waals surface area contributed by atoms with Gasteiger partial charge in [-0.05, 0) is 37.6 Å². The highest BCUT2D eigenvalue weighted by molar-refractivity contribution is 6.33. The van der Waals surface area contributed by atoms with Crippen LogP contribution in [0.25, 0.3) is 0 Å². The first-order valence-corrected chi connectivity index (χ1v) is 6.98. The van der Waals surface area contributed by atoms with E-state index in [-0.39, 0.29) is 28.8 Å². The maximum Gasteiger partial charge on any atom is 0.257 e. The van der Waals surface area contributed by atoms with Crippen molar-refractivity contribution < 1.29 is 18.8 Å². The Morgan fingerprint density at radius 2 is 2.00 bits per heavy atom. The molecule has 0 spiro atoms. The number of rotatable bonds is 4. The van der Waals surface area contributed by atoms with Gasteiger partial charge in [0.2, 0.25) is 5.78 Å². The van der Waals surface area contributed by atoms with Crippen LogP contribution in [0.15, 0.2) is 18.2 Å². The summed E-state index contributed by atoms with van der Waals surface area (Å²) in [7, 11) is 1.58. The molecule has 24 heavy (non-hydrogen) atoms. The predicted octanol–water partition coefficient (Wildman–Crippen LogP) is 2.29. The fraction of sp³-hybridized carbons (Fsp3) is 0.176. The Morgan fingerprint density at radius 3 is 2.58 bits per heavy atom. The second kappa shape index (κ2) is 6.46. The summed E-state index contributed by atoms with van der Waals surface area (Å²) in [4.78, 5) is 35.0. The van der Waals surface area contributed by atoms with Crippen LogP contribution in [0.4, 0.5) is 10.1 Å². The Morgan fingerprint density at radius 1 is 1.33 bits per heavy atom. The standard InChI is InChI=1S/C17H14FN3O3/c1-9-15(10(2)21(3)16(9)14(23)8-22)17(24)20-12-4-5-13(18)11(6-12)7-19/h4-6,8H,1-3H3,(H,20,24). The van der Waals surface area contributed by atoms with E-state index >= 15 is 0 Å². The molecule has 2 aromatic rings. The van der Waals surface area contributed by atoms with Gasteiger partial charge in [0.05, 0.1) is 16.8 Å². The van der Waals surface area contributed by atoms with Crippen molar-refractivity contribution in [1.29, 1.82) is 5.26 Å². The van der Waals surface area contributed by atoms with Gasteiger partial charge in [0.25, 0.3) is 5.91 Å². The molecule has 1 heterocycles. The number of nitrogens with zero attached hydrogens (tertiary/aromatic N) is 2. The Balaban J connectivity index is 2.43. The lowest BCUT2D eigenvalue weighted by Crippen LogP contribution is -2.14. The van der Waals surface area contributed by atoms with Crippen molar-refractivity contribution >= 4 is 23.7 Å². The van der Waals surface area contributed by atoms with Crippen LogP contribution >= 0.6 is 0 Å². The molecule has 6 nitrogen and oxygen atoms in total. The smallest absolute Gasteiger partial charge is 0.257 e. The molecule has 0 fully saturated rings. The van der Waals surface area contributed by atoms with Crippen LogP contribution in [0.3, 0.4) is 0 Å². The van der Waals surface area contributed by atoms with E-state index in [1.807, 2.05) is 0 Å². The molecule has 1 aromatic carbocycles. The molecule has 0 aliphatic heterocycles. The number of nitrogens with one attached hydrogen (secondary N) is 1. The molecule has 0 saturated heterocycles. The number of halogens is 1. The van der Waals surface area contributed by atoms with Crippen LogP contribution < -0.4 is 5.32 Å². The van der Waals surface area contributed by atoms with Crippen LogP contribution in [0.2, 0.25) is 0 Å². The molecule has 7 heteroatoms. The van der Waals surface area contributed by atoms with E-state index in [1.54, 1.807) is 27.0 Å². The normalized spacial score (nSPS) is 10.1. The lowest BCUT2D eigenvalue weighted by atomic mass is 10.1. The molecule has 0 radical (unpaired) electrons. The van der Waals surface area contributed by atoms with Gasteiger partial charge in [0, 0.05) is 18.4 Å². The minimum Gasteiger partial charge on any atom is -0.344 e. The number of benzene rings is 1. The van der Waals surface area contributed by atoms with E-state index < -0.39 is 17.5 Å². The van der Waals surface area contributed by atoms with Crippen molar-refractivity contribution in [1.82, 2.24) is 4.57 Å². The van der Waals surface area contributed by atoms with Gasteiger partial charge in [0.15, 0.2) is 6.29 Å². The summed E-state index contributed by atoms with van der Waals surface area (Å²) in [6.07, 6.45) is 0.197. The summed E-state index contributed by atoms with van der Waals surface area (Å²) in [5, 5.41) is 11.4. The maximum atomic E-state index is 13.3. The molecule has 0 saturated carbocycles. The highest BCUT2D eigenvalue weighted by atomic mass is 19.1. The van der Waals surface area contributed by atoms with Crippen molar-refractivity contribution in [2.24, 2.45) is 7.05 Å². The first kappa shape index (κ1) is 17.1. The summed E-state index contributed by atoms with van der Waals surface area (Å²) in [6, 6.07) is 5.33. The van der Waals surface area contributed by atoms with Gasteiger partial charge in [-0.25, -0.2) is 4.39 Å². The van der Waals surface area contributed by atoms with E-state index in [4.69, 9.17) is 5.26 Å². The predicted molar refractivity (Wildman–Crippen MR) is 84.3 cm³/mol. The molecular weight excluding hydrogens is 313 g/mol. The molecule has 122 valence electrons. The zero-order valence-corrected chi connectivity index (χ0v) is 13.3. The van der Waals surface area contributed by atoms with Gasteiger partial charge >= 0.3 is 0 Å². The topological polar surface area (TPSA) is 92.0 Å². The van der Waals surface area contributed by atoms with Crippen molar-refractivity contribution in [3.05, 3.63) is 52.1 Å². The maximum absolute atomic E-state index is 13.3. The molecule has 0 unspecified atom stereocenters. The molecule has 0 aliphatic rings. The molecule has 1 N–H and O–H groups in total. The molecular formula is C17H14FN3O3. The molecule has 1 aromatic heterocycles. The number of aldehydes is 1. The minimum absolute atomic E-state index is 0.143. The van der Waals surface area contributed by atoms with Crippen molar-refractivity contribution in [2.45, 2.75) is 13.8 Å². The number of hydrogen-bond donors (Lipinski definition) is 1. The summed E-state index contributed by atoms with van der Waals surface area (Å²) in [6.45, 7) is 3.22. The van der Waals surface area contributed by atoms with E-state index in [0.29, 0.717) is 11.3 Å². The van der Waals surface area contributed by atoms with Crippen molar-refractivity contribution in [3.8, 4) is 6.07 Å². The number of hydrogen-bond acceptors (Lipinski definition) is 4. The summed E-state index contributed by atoms with van der Waals surface area (Å²) in [5.74, 6) is -1.91. The first-order chi connectivity index (χ1) is 11.3. The highest BCUT2D eigenvalue weighted by Gasteiger charge is 2.24. The Labute approximate surface area is 137 Å². The lowest BCUT2D eigenvalue weighted by molar-refractivity contribution is -0.104. The molecule has 0 aliphatic carbocycles. The zero-order chi connectivity index (χ0) is 18.0. The van der Waals surface area contributed by atoms with Crippen LogP contribution in [0.5, 0.6) is 0 Å². The fourth-order valence-corrected chi connectivity index (χ4v) is 2.60. The number of nitriles is 1. The van der Waals surface area contributed by atoms with Crippen LogP contribution in [-0.2, 0) is 11.8 Å². The highest BCUT2D eigenvalue weighted by Crippen LogP contribution is 2.23. The van der Waals surface area contributed by atoms with Gasteiger partial charge < -0.3 is 9.88 Å². The lowest BCUT2D eigenvalue weighted by Gasteiger charge is -2.07. The largest absolute Gasteiger partial charge is 0.344 e. The number of aromatic nitrogens is 1. The number of carbonyl (C=O) groups is 3. The average Bonchev–Trinajstić information content (AvgIpc) is 2.78. The number of Topliss-reactive ketones (excluding diaryl/α,β-unsaturated/α-hetero) is 1. The van der Waals surface area contributed by atoms with Gasteiger partial charge in [-0.15, -0.1) is 0 Å². The Hall–Kier alpha value is -3.27. The summed E-state index contributed by atoms with van der Waals surface area (Å²) >= 11 is 0. The SMILES string of the molecule is Cc1c(C(=O)Nc2ccc(F)c(C#N)c2)c(C)n(C)c1C(=O)C=O. The van der Waals surface area contributed by atoms with Gasteiger partial charge in [-0.2, -0.15) is 5.26 Å². The van der Waals surface area contributed by atoms with E-state index in [2.05, 4.69) is 5.32 Å². The number of anilines is 1. The summed E-state index contributed by atoms with van der Waals surface area (Å²) < 4.78 is 14.8. The molecule has 2 rings (SSSR count). The van der Waals surface area contributed by atoms with Gasteiger partial charge in [-0.1, -0.05) is 0 Å². The second-order valence-corrected chi connectivity index (χ2v) is 5.24. The van der Waals surface area contributed by atoms with E-state index in [0.717, 1.165) is 6.07 Å². The quantitative estimate of drug-likeness (QED) is 0.530. The first-order valence-electron chi connectivity index (χ1n) is 6.98. The van der Waals surface area contributed by atoms with Gasteiger partial charge in [-0.3, -0.25) is 14.4 Å². The van der Waals surface area contributed by atoms with Gasteiger partial charge in [0.1, 0.15) is 11.9 Å². The van der Waals surface area contributed by atoms with Crippen molar-refractivity contribution in [2.75, 3.05) is 5.32 Å². The number of carbonyl (C=O) groups excluding carboxylic acids is 3. The molecule has 0 bridgehead atoms. The Kier molecular flexibility index (Phi) is 4.60. The second-order valence-electron chi connectivity index (χ2n) is 5.24. The van der Waals surface area contributed by atoms with Crippen LogP contribution in [0, 0.1) is 31.0 Å². The summed E-state index contributed by atoms with van der Waals surface area (Å²) in [5.41, 5.74) is 1.36. The number of ketones is 1.